The number of benzene rings is 1. The van der Waals surface area contributed by atoms with Crippen molar-refractivity contribution in [2.45, 2.75) is 0 Å². The molecule has 3 nitrogen and oxygen atoms in total. The number of halogens is 3. The van der Waals surface area contributed by atoms with Gasteiger partial charge < -0.3 is 11.1 Å². The fourth-order valence-electron chi connectivity index (χ4n) is 1.45. The predicted molar refractivity (Wildman–Crippen MR) is 92.3 cm³/mol. The summed E-state index contributed by atoms with van der Waals surface area (Å²) in [5.74, 6) is -0.332. The monoisotopic (exact) mass is 408 g/mol. The van der Waals surface area contributed by atoms with Gasteiger partial charge in [0.15, 0.2) is 0 Å². The molecule has 3 N–H and O–H groups in total. The van der Waals surface area contributed by atoms with Crippen LogP contribution in [-0.2, 0) is 0 Å². The first-order valence-corrected chi connectivity index (χ1v) is 8.01. The molecule has 0 saturated heterocycles. The van der Waals surface area contributed by atoms with Gasteiger partial charge in [-0.15, -0.1) is 11.3 Å². The van der Waals surface area contributed by atoms with Crippen LogP contribution in [0.3, 0.4) is 0 Å². The number of amides is 1. The number of anilines is 1. The van der Waals surface area contributed by atoms with Crippen LogP contribution in [0.5, 0.6) is 0 Å². The van der Waals surface area contributed by atoms with Crippen LogP contribution in [0.4, 0.5) is 5.69 Å². The molecule has 104 valence electrons. The number of carbonyl (C=O) groups excluding carboxylic acids is 1. The van der Waals surface area contributed by atoms with Crippen LogP contribution in [-0.4, -0.2) is 10.9 Å². The van der Waals surface area contributed by atoms with Crippen molar-refractivity contribution in [2.24, 2.45) is 5.73 Å². The van der Waals surface area contributed by atoms with E-state index in [-0.39, 0.29) is 10.9 Å². The van der Waals surface area contributed by atoms with Crippen LogP contribution < -0.4 is 11.1 Å². The van der Waals surface area contributed by atoms with E-state index in [2.05, 4.69) is 21.2 Å². The van der Waals surface area contributed by atoms with Crippen LogP contribution in [0.25, 0.3) is 0 Å². The summed E-state index contributed by atoms with van der Waals surface area (Å²) in [7, 11) is 0. The quantitative estimate of drug-likeness (QED) is 0.722. The molecular weight excluding hydrogens is 403 g/mol. The van der Waals surface area contributed by atoms with Crippen molar-refractivity contribution in [2.75, 3.05) is 5.32 Å². The predicted octanol–water partition coefficient (Wildman–Crippen LogP) is 4.70. The second kappa shape index (κ2) is 6.41. The van der Waals surface area contributed by atoms with E-state index in [1.807, 2.05) is 0 Å². The van der Waals surface area contributed by atoms with Gasteiger partial charge in [-0.05, 0) is 40.2 Å². The van der Waals surface area contributed by atoms with Crippen LogP contribution in [0, 0.1) is 0 Å². The fraction of sp³-hybridized carbons (Fsp3) is 0. The highest BCUT2D eigenvalue weighted by atomic mass is 79.9. The van der Waals surface area contributed by atoms with E-state index in [0.29, 0.717) is 30.0 Å². The number of thiocarbonyl (C=S) groups is 1. The molecule has 2 aromatic rings. The lowest BCUT2D eigenvalue weighted by Crippen LogP contribution is -2.13. The third kappa shape index (κ3) is 3.51. The second-order valence-corrected chi connectivity index (χ2v) is 7.33. The van der Waals surface area contributed by atoms with Crippen molar-refractivity contribution >= 4 is 79.3 Å². The number of hydrogen-bond acceptors (Lipinski definition) is 3. The molecule has 0 bridgehead atoms. The molecule has 8 heteroatoms. The zero-order valence-electron chi connectivity index (χ0n) is 9.75. The number of nitrogens with one attached hydrogen (secondary N) is 1. The summed E-state index contributed by atoms with van der Waals surface area (Å²) in [4.78, 5) is 12.4. The molecule has 1 amide bonds. The molecule has 0 unspecified atom stereocenters. The molecule has 2 rings (SSSR count). The first-order chi connectivity index (χ1) is 9.38. The molecule has 0 aliphatic heterocycles. The van der Waals surface area contributed by atoms with Gasteiger partial charge in [-0.2, -0.15) is 0 Å². The molecule has 1 aromatic heterocycles. The largest absolute Gasteiger partial charge is 0.389 e. The lowest BCUT2D eigenvalue weighted by atomic mass is 10.2. The van der Waals surface area contributed by atoms with E-state index in [0.717, 1.165) is 11.3 Å². The average molecular weight is 410 g/mol. The molecule has 0 spiro atoms. The molecule has 0 aliphatic rings. The maximum atomic E-state index is 12.1. The highest BCUT2D eigenvalue weighted by Crippen LogP contribution is 2.32. The number of thiophene rings is 1. The van der Waals surface area contributed by atoms with Crippen LogP contribution >= 0.6 is 62.7 Å². The molecule has 1 heterocycles. The Hall–Kier alpha value is -0.660. The lowest BCUT2D eigenvalue weighted by molar-refractivity contribution is 0.102. The van der Waals surface area contributed by atoms with Crippen molar-refractivity contribution in [3.63, 3.8) is 0 Å². The Balaban J connectivity index is 2.24. The van der Waals surface area contributed by atoms with Crippen LogP contribution in [0.15, 0.2) is 28.7 Å². The molecule has 0 fully saturated rings. The minimum absolute atomic E-state index is 0.288. The summed E-state index contributed by atoms with van der Waals surface area (Å²) in [6.45, 7) is 0. The zero-order valence-corrected chi connectivity index (χ0v) is 14.5. The van der Waals surface area contributed by atoms with Gasteiger partial charge in [-0.25, -0.2) is 0 Å². The average Bonchev–Trinajstić information content (AvgIpc) is 2.70. The minimum atomic E-state index is -0.332. The van der Waals surface area contributed by atoms with Crippen molar-refractivity contribution in [1.29, 1.82) is 0 Å². The van der Waals surface area contributed by atoms with Gasteiger partial charge in [0.05, 0.1) is 15.6 Å². The summed E-state index contributed by atoms with van der Waals surface area (Å²) >= 11 is 21.1. The van der Waals surface area contributed by atoms with E-state index >= 15 is 0 Å². The number of rotatable bonds is 3. The third-order valence-electron chi connectivity index (χ3n) is 2.40. The Morgan fingerprint density at radius 3 is 2.55 bits per heavy atom. The fourth-order valence-corrected chi connectivity index (χ4v) is 3.52. The number of hydrogen-bond donors (Lipinski definition) is 2. The van der Waals surface area contributed by atoms with Crippen molar-refractivity contribution in [3.05, 3.63) is 48.5 Å². The normalized spacial score (nSPS) is 10.3. The van der Waals surface area contributed by atoms with Gasteiger partial charge in [0.2, 0.25) is 0 Å². The second-order valence-electron chi connectivity index (χ2n) is 3.75. The number of carbonyl (C=O) groups is 1. The van der Waals surface area contributed by atoms with E-state index < -0.39 is 0 Å². The maximum Gasteiger partial charge on any atom is 0.258 e. The Morgan fingerprint density at radius 1 is 1.35 bits per heavy atom. The van der Waals surface area contributed by atoms with Gasteiger partial charge in [-0.1, -0.05) is 35.4 Å². The summed E-state index contributed by atoms with van der Waals surface area (Å²) in [6, 6.07) is 6.70. The van der Waals surface area contributed by atoms with E-state index in [1.165, 1.54) is 6.07 Å². The van der Waals surface area contributed by atoms with Gasteiger partial charge >= 0.3 is 0 Å². The molecule has 0 atom stereocenters. The molecular formula is C12H7BrCl2N2OS2. The standard InChI is InChI=1S/C12H7BrCl2N2OS2/c13-7-3-5(11(16)19)1-2-8(7)17-12(18)6-4-9(14)20-10(6)15/h1-4H,(H2,16,19)(H,17,18). The molecule has 1 aromatic carbocycles. The minimum Gasteiger partial charge on any atom is -0.389 e. The zero-order chi connectivity index (χ0) is 14.9. The third-order valence-corrected chi connectivity index (χ3v) is 4.78. The summed E-state index contributed by atoms with van der Waals surface area (Å²) in [5, 5.41) is 2.74. The van der Waals surface area contributed by atoms with Gasteiger partial charge in [0.25, 0.3) is 5.91 Å². The van der Waals surface area contributed by atoms with Crippen molar-refractivity contribution < 1.29 is 4.79 Å². The highest BCUT2D eigenvalue weighted by molar-refractivity contribution is 9.10. The van der Waals surface area contributed by atoms with Gasteiger partial charge in [-0.3, -0.25) is 4.79 Å². The molecule has 20 heavy (non-hydrogen) atoms. The molecule has 0 radical (unpaired) electrons. The van der Waals surface area contributed by atoms with Crippen molar-refractivity contribution in [1.82, 2.24) is 0 Å². The van der Waals surface area contributed by atoms with E-state index in [9.17, 15) is 4.79 Å². The Labute approximate surface area is 143 Å². The molecule has 0 aliphatic carbocycles. The first kappa shape index (κ1) is 15.7. The SMILES string of the molecule is NC(=S)c1ccc(NC(=O)c2cc(Cl)sc2Cl)c(Br)c1. The summed E-state index contributed by atoms with van der Waals surface area (Å²) in [5.41, 5.74) is 7.18. The topological polar surface area (TPSA) is 55.1 Å². The highest BCUT2D eigenvalue weighted by Gasteiger charge is 2.15. The van der Waals surface area contributed by atoms with Crippen LogP contribution in [0.1, 0.15) is 15.9 Å². The number of nitrogens with two attached hydrogens (primary N) is 1. The smallest absolute Gasteiger partial charge is 0.258 e. The summed E-state index contributed by atoms with van der Waals surface area (Å²) < 4.78 is 1.49. The van der Waals surface area contributed by atoms with Crippen LogP contribution in [0.2, 0.25) is 8.67 Å². The van der Waals surface area contributed by atoms with Crippen molar-refractivity contribution in [3.8, 4) is 0 Å². The Kier molecular flexibility index (Phi) is 5.04. The van der Waals surface area contributed by atoms with Gasteiger partial charge in [0.1, 0.15) is 9.32 Å². The van der Waals surface area contributed by atoms with E-state index in [1.54, 1.807) is 18.2 Å². The summed E-state index contributed by atoms with van der Waals surface area (Å²) in [6.07, 6.45) is 0. The molecule has 0 saturated carbocycles. The maximum absolute atomic E-state index is 12.1. The van der Waals surface area contributed by atoms with Gasteiger partial charge in [0, 0.05) is 10.0 Å². The Bertz CT molecular complexity index is 703. The first-order valence-electron chi connectivity index (χ1n) is 5.24. The Morgan fingerprint density at radius 2 is 2.05 bits per heavy atom. The van der Waals surface area contributed by atoms with E-state index in [4.69, 9.17) is 41.2 Å². The lowest BCUT2D eigenvalue weighted by Gasteiger charge is -2.08.